The van der Waals surface area contributed by atoms with E-state index < -0.39 is 0 Å². The molecule has 0 bridgehead atoms. The van der Waals surface area contributed by atoms with Crippen LogP contribution in [-0.4, -0.2) is 45.7 Å². The SMILES string of the molecule is Cc1cccc(-n2c(SCC(=O)NCC3CCCO3)nnc2-c2ccc(Cl)cc2)c1. The largest absolute Gasteiger partial charge is 0.376 e. The van der Waals surface area contributed by atoms with Gasteiger partial charge >= 0.3 is 0 Å². The van der Waals surface area contributed by atoms with Gasteiger partial charge in [0.2, 0.25) is 5.91 Å². The molecule has 1 fully saturated rings. The quantitative estimate of drug-likeness (QED) is 0.553. The Bertz CT molecular complexity index is 1020. The Kier molecular flexibility index (Phi) is 6.72. The number of aryl methyl sites for hydroxylation is 1. The Labute approximate surface area is 185 Å². The summed E-state index contributed by atoms with van der Waals surface area (Å²) in [5.41, 5.74) is 2.99. The van der Waals surface area contributed by atoms with Gasteiger partial charge in [0, 0.05) is 29.4 Å². The zero-order valence-corrected chi connectivity index (χ0v) is 18.2. The molecule has 0 saturated carbocycles. The Morgan fingerprint density at radius 2 is 2.10 bits per heavy atom. The predicted octanol–water partition coefficient (Wildman–Crippen LogP) is 4.28. The number of carbonyl (C=O) groups excluding carboxylic acids is 1. The molecule has 1 saturated heterocycles. The van der Waals surface area contributed by atoms with Crippen LogP contribution in [0.3, 0.4) is 0 Å². The highest BCUT2D eigenvalue weighted by molar-refractivity contribution is 7.99. The van der Waals surface area contributed by atoms with E-state index in [2.05, 4.69) is 21.6 Å². The third kappa shape index (κ3) is 5.03. The zero-order valence-electron chi connectivity index (χ0n) is 16.7. The van der Waals surface area contributed by atoms with Gasteiger partial charge in [-0.15, -0.1) is 10.2 Å². The molecule has 1 aliphatic heterocycles. The molecule has 1 N–H and O–H groups in total. The van der Waals surface area contributed by atoms with Gasteiger partial charge in [-0.2, -0.15) is 0 Å². The second-order valence-electron chi connectivity index (χ2n) is 7.22. The molecule has 30 heavy (non-hydrogen) atoms. The molecule has 156 valence electrons. The number of carbonyl (C=O) groups is 1. The highest BCUT2D eigenvalue weighted by Gasteiger charge is 2.19. The molecular weight excluding hydrogens is 420 g/mol. The number of hydrogen-bond donors (Lipinski definition) is 1. The molecule has 1 aliphatic rings. The molecule has 3 aromatic rings. The van der Waals surface area contributed by atoms with Crippen molar-refractivity contribution in [2.75, 3.05) is 18.9 Å². The van der Waals surface area contributed by atoms with Crippen LogP contribution in [0.5, 0.6) is 0 Å². The van der Waals surface area contributed by atoms with Crippen LogP contribution in [0.4, 0.5) is 0 Å². The van der Waals surface area contributed by atoms with Gasteiger partial charge in [0.1, 0.15) is 0 Å². The number of aromatic nitrogens is 3. The van der Waals surface area contributed by atoms with E-state index in [1.807, 2.05) is 54.0 Å². The number of hydrogen-bond acceptors (Lipinski definition) is 5. The standard InChI is InChI=1S/C22H23ClN4O2S/c1-15-4-2-5-18(12-15)27-21(16-7-9-17(23)10-8-16)25-26-22(27)30-14-20(28)24-13-19-6-3-11-29-19/h2,4-5,7-10,12,19H,3,6,11,13-14H2,1H3,(H,24,28). The van der Waals surface area contributed by atoms with E-state index in [1.54, 1.807) is 0 Å². The Hall–Kier alpha value is -2.35. The first-order chi connectivity index (χ1) is 14.6. The van der Waals surface area contributed by atoms with Crippen molar-refractivity contribution in [3.05, 3.63) is 59.1 Å². The fraction of sp³-hybridized carbons (Fsp3) is 0.318. The third-order valence-electron chi connectivity index (χ3n) is 4.88. The molecule has 0 spiro atoms. The number of halogens is 1. The molecule has 0 radical (unpaired) electrons. The van der Waals surface area contributed by atoms with Crippen LogP contribution in [0, 0.1) is 6.92 Å². The average molecular weight is 443 g/mol. The first-order valence-corrected chi connectivity index (χ1v) is 11.3. The topological polar surface area (TPSA) is 69.0 Å². The summed E-state index contributed by atoms with van der Waals surface area (Å²) in [6.07, 6.45) is 2.19. The Morgan fingerprint density at radius 1 is 1.27 bits per heavy atom. The molecular formula is C22H23ClN4O2S. The van der Waals surface area contributed by atoms with Gasteiger partial charge in [-0.05, 0) is 61.7 Å². The number of nitrogens with one attached hydrogen (secondary N) is 1. The zero-order chi connectivity index (χ0) is 20.9. The van der Waals surface area contributed by atoms with E-state index in [0.717, 1.165) is 36.3 Å². The van der Waals surface area contributed by atoms with Gasteiger partial charge in [-0.3, -0.25) is 9.36 Å². The van der Waals surface area contributed by atoms with Gasteiger partial charge in [0.25, 0.3) is 0 Å². The lowest BCUT2D eigenvalue weighted by atomic mass is 10.2. The van der Waals surface area contributed by atoms with Crippen LogP contribution in [0.2, 0.25) is 5.02 Å². The first-order valence-electron chi connectivity index (χ1n) is 9.89. The van der Waals surface area contributed by atoms with Crippen molar-refractivity contribution >= 4 is 29.3 Å². The number of benzene rings is 2. The summed E-state index contributed by atoms with van der Waals surface area (Å²) in [4.78, 5) is 12.3. The molecule has 8 heteroatoms. The van der Waals surface area contributed by atoms with Crippen LogP contribution in [0.25, 0.3) is 17.1 Å². The Balaban J connectivity index is 1.55. The van der Waals surface area contributed by atoms with E-state index in [4.69, 9.17) is 16.3 Å². The molecule has 1 aromatic heterocycles. The molecule has 2 heterocycles. The molecule has 1 atom stereocenters. The lowest BCUT2D eigenvalue weighted by molar-refractivity contribution is -0.119. The summed E-state index contributed by atoms with van der Waals surface area (Å²) < 4.78 is 7.54. The number of amides is 1. The van der Waals surface area contributed by atoms with Crippen molar-refractivity contribution in [3.8, 4) is 17.1 Å². The minimum absolute atomic E-state index is 0.0395. The van der Waals surface area contributed by atoms with Gasteiger partial charge in [0.05, 0.1) is 11.9 Å². The van der Waals surface area contributed by atoms with Crippen LogP contribution < -0.4 is 5.32 Å². The van der Waals surface area contributed by atoms with Crippen LogP contribution >= 0.6 is 23.4 Å². The van der Waals surface area contributed by atoms with E-state index in [-0.39, 0.29) is 17.8 Å². The van der Waals surface area contributed by atoms with Crippen LogP contribution in [0.15, 0.2) is 53.7 Å². The molecule has 4 rings (SSSR count). The van der Waals surface area contributed by atoms with Gasteiger partial charge in [-0.25, -0.2) is 0 Å². The average Bonchev–Trinajstić information content (AvgIpc) is 3.41. The summed E-state index contributed by atoms with van der Waals surface area (Å²) in [6, 6.07) is 15.6. The Morgan fingerprint density at radius 3 is 2.83 bits per heavy atom. The van der Waals surface area contributed by atoms with Crippen molar-refractivity contribution < 1.29 is 9.53 Å². The molecule has 6 nitrogen and oxygen atoms in total. The first kappa shape index (κ1) is 20.9. The summed E-state index contributed by atoms with van der Waals surface area (Å²) in [6.45, 7) is 3.38. The van der Waals surface area contributed by atoms with Crippen molar-refractivity contribution in [2.24, 2.45) is 0 Å². The highest BCUT2D eigenvalue weighted by atomic mass is 35.5. The van der Waals surface area contributed by atoms with Gasteiger partial charge in [-0.1, -0.05) is 35.5 Å². The van der Waals surface area contributed by atoms with Gasteiger partial charge < -0.3 is 10.1 Å². The van der Waals surface area contributed by atoms with E-state index >= 15 is 0 Å². The van der Waals surface area contributed by atoms with Crippen molar-refractivity contribution in [2.45, 2.75) is 31.0 Å². The molecule has 2 aromatic carbocycles. The van der Waals surface area contributed by atoms with E-state index in [0.29, 0.717) is 22.5 Å². The number of thioether (sulfide) groups is 1. The second-order valence-corrected chi connectivity index (χ2v) is 8.59. The summed E-state index contributed by atoms with van der Waals surface area (Å²) >= 11 is 7.41. The number of rotatable bonds is 7. The van der Waals surface area contributed by atoms with E-state index in [9.17, 15) is 4.79 Å². The molecule has 1 unspecified atom stereocenters. The summed E-state index contributed by atoms with van der Waals surface area (Å²) in [7, 11) is 0. The fourth-order valence-corrected chi connectivity index (χ4v) is 4.27. The predicted molar refractivity (Wildman–Crippen MR) is 119 cm³/mol. The van der Waals surface area contributed by atoms with Crippen LogP contribution in [0.1, 0.15) is 18.4 Å². The maximum Gasteiger partial charge on any atom is 0.230 e. The van der Waals surface area contributed by atoms with Crippen molar-refractivity contribution in [3.63, 3.8) is 0 Å². The highest BCUT2D eigenvalue weighted by Crippen LogP contribution is 2.29. The van der Waals surface area contributed by atoms with Crippen molar-refractivity contribution in [1.82, 2.24) is 20.1 Å². The molecule has 0 aliphatic carbocycles. The lowest BCUT2D eigenvalue weighted by Gasteiger charge is -2.12. The molecule has 1 amide bonds. The number of nitrogens with zero attached hydrogens (tertiary/aromatic N) is 3. The van der Waals surface area contributed by atoms with Crippen molar-refractivity contribution in [1.29, 1.82) is 0 Å². The second kappa shape index (κ2) is 9.64. The van der Waals surface area contributed by atoms with Gasteiger partial charge in [0.15, 0.2) is 11.0 Å². The lowest BCUT2D eigenvalue weighted by Crippen LogP contribution is -2.32. The minimum atomic E-state index is -0.0395. The summed E-state index contributed by atoms with van der Waals surface area (Å²) in [5, 5.41) is 13.1. The van der Waals surface area contributed by atoms with E-state index in [1.165, 1.54) is 11.8 Å². The maximum absolute atomic E-state index is 12.3. The smallest absolute Gasteiger partial charge is 0.230 e. The minimum Gasteiger partial charge on any atom is -0.376 e. The summed E-state index contributed by atoms with van der Waals surface area (Å²) in [5.74, 6) is 0.930. The normalized spacial score (nSPS) is 16.0. The third-order valence-corrected chi connectivity index (χ3v) is 6.06. The fourth-order valence-electron chi connectivity index (χ4n) is 3.36. The monoisotopic (exact) mass is 442 g/mol. The maximum atomic E-state index is 12.3. The van der Waals surface area contributed by atoms with Crippen LogP contribution in [-0.2, 0) is 9.53 Å². The number of ether oxygens (including phenoxy) is 1.